The minimum atomic E-state index is -4.42. The molecule has 4 N–H and O–H groups in total. The zero-order chi connectivity index (χ0) is 20.9. The quantitative estimate of drug-likeness (QED) is 0.633. The van der Waals surface area contributed by atoms with Gasteiger partial charge in [0.2, 0.25) is 0 Å². The van der Waals surface area contributed by atoms with Crippen molar-refractivity contribution in [3.63, 3.8) is 0 Å². The fourth-order valence-electron chi connectivity index (χ4n) is 5.39. The summed E-state index contributed by atoms with van der Waals surface area (Å²) < 4.78 is 39.2. The average Bonchev–Trinajstić information content (AvgIpc) is 2.75. The van der Waals surface area contributed by atoms with E-state index in [1.807, 2.05) is 0 Å². The number of piperidine rings is 1. The maximum Gasteiger partial charge on any atom is 0.416 e. The molecule has 2 fully saturated rings. The molecule has 3 aliphatic carbocycles. The minimum absolute atomic E-state index is 0.0972. The molecule has 8 heteroatoms. The smallest absolute Gasteiger partial charge is 0.398 e. The van der Waals surface area contributed by atoms with Crippen molar-refractivity contribution in [2.75, 3.05) is 24.1 Å². The fraction of sp³-hybridized carbons (Fsp3) is 0.545. The second-order valence-corrected chi connectivity index (χ2v) is 8.76. The first kappa shape index (κ1) is 19.6. The lowest BCUT2D eigenvalue weighted by Gasteiger charge is -2.40. The molecule has 30 heavy (non-hydrogen) atoms. The Hall–Kier alpha value is -2.35. The summed E-state index contributed by atoms with van der Waals surface area (Å²) in [5.41, 5.74) is 8.99. The Kier molecular flexibility index (Phi) is 4.84. The molecule has 160 valence electrons. The van der Waals surface area contributed by atoms with E-state index in [1.165, 1.54) is 11.6 Å². The van der Waals surface area contributed by atoms with Crippen LogP contribution in [0.4, 0.5) is 24.7 Å². The molecule has 6 rings (SSSR count). The Morgan fingerprint density at radius 1 is 1.00 bits per heavy atom. The molecular formula is C22H26F3N5. The number of anilines is 2. The van der Waals surface area contributed by atoms with Gasteiger partial charge < -0.3 is 16.4 Å². The van der Waals surface area contributed by atoms with Gasteiger partial charge in [-0.05, 0) is 74.6 Å². The predicted molar refractivity (Wildman–Crippen MR) is 110 cm³/mol. The van der Waals surface area contributed by atoms with E-state index in [0.29, 0.717) is 29.1 Å². The lowest BCUT2D eigenvalue weighted by Crippen LogP contribution is -2.39. The van der Waals surface area contributed by atoms with Crippen LogP contribution in [0.5, 0.6) is 0 Å². The number of nitrogens with one attached hydrogen (secondary N) is 2. The fourth-order valence-corrected chi connectivity index (χ4v) is 5.39. The molecule has 1 saturated heterocycles. The lowest BCUT2D eigenvalue weighted by atomic mass is 9.66. The van der Waals surface area contributed by atoms with Crippen molar-refractivity contribution in [3.05, 3.63) is 34.9 Å². The van der Waals surface area contributed by atoms with Crippen LogP contribution in [0.25, 0.3) is 11.3 Å². The Morgan fingerprint density at radius 2 is 1.73 bits per heavy atom. The number of fused-ring (bicyclic) bond motifs is 2. The van der Waals surface area contributed by atoms with E-state index in [2.05, 4.69) is 20.8 Å². The summed E-state index contributed by atoms with van der Waals surface area (Å²) in [6, 6.07) is 3.85. The number of hydrogen-bond acceptors (Lipinski definition) is 5. The van der Waals surface area contributed by atoms with Gasteiger partial charge in [0.25, 0.3) is 0 Å². The number of nitrogens with zero attached hydrogens (tertiary/aromatic N) is 2. The molecule has 1 aromatic carbocycles. The van der Waals surface area contributed by atoms with Gasteiger partial charge in [-0.25, -0.2) is 0 Å². The highest BCUT2D eigenvalue weighted by atomic mass is 19.4. The van der Waals surface area contributed by atoms with Gasteiger partial charge in [-0.2, -0.15) is 13.2 Å². The van der Waals surface area contributed by atoms with Gasteiger partial charge in [0.05, 0.1) is 11.3 Å². The van der Waals surface area contributed by atoms with Gasteiger partial charge >= 0.3 is 6.18 Å². The van der Waals surface area contributed by atoms with Gasteiger partial charge in [0.1, 0.15) is 0 Å². The summed E-state index contributed by atoms with van der Waals surface area (Å²) in [7, 11) is 0. The van der Waals surface area contributed by atoms with Crippen molar-refractivity contribution >= 4 is 11.5 Å². The third kappa shape index (κ3) is 3.41. The molecule has 1 aliphatic heterocycles. The summed E-state index contributed by atoms with van der Waals surface area (Å²) in [4.78, 5) is 0. The van der Waals surface area contributed by atoms with Crippen molar-refractivity contribution in [1.29, 1.82) is 0 Å². The maximum atomic E-state index is 13.1. The van der Waals surface area contributed by atoms with E-state index < -0.39 is 11.7 Å². The number of nitrogen functional groups attached to an aromatic ring is 1. The summed E-state index contributed by atoms with van der Waals surface area (Å²) in [6.45, 7) is 1.94. The van der Waals surface area contributed by atoms with Crippen LogP contribution in [0.15, 0.2) is 18.2 Å². The summed E-state index contributed by atoms with van der Waals surface area (Å²) in [5, 5.41) is 16.0. The van der Waals surface area contributed by atoms with Crippen LogP contribution in [-0.2, 0) is 6.18 Å². The van der Waals surface area contributed by atoms with E-state index in [9.17, 15) is 13.2 Å². The zero-order valence-electron chi connectivity index (χ0n) is 16.7. The third-order valence-corrected chi connectivity index (χ3v) is 6.87. The monoisotopic (exact) mass is 417 g/mol. The molecule has 1 aromatic heterocycles. The van der Waals surface area contributed by atoms with E-state index in [4.69, 9.17) is 5.73 Å². The number of rotatable bonds is 3. The van der Waals surface area contributed by atoms with Gasteiger partial charge in [0.15, 0.2) is 5.82 Å². The molecule has 0 spiro atoms. The minimum Gasteiger partial charge on any atom is -0.398 e. The number of benzene rings is 1. The summed E-state index contributed by atoms with van der Waals surface area (Å²) >= 11 is 0. The topological polar surface area (TPSA) is 75.9 Å². The molecule has 0 unspecified atom stereocenters. The highest BCUT2D eigenvalue weighted by Gasteiger charge is 2.39. The van der Waals surface area contributed by atoms with Crippen LogP contribution in [0.1, 0.15) is 67.1 Å². The molecule has 2 heterocycles. The second-order valence-electron chi connectivity index (χ2n) is 8.76. The van der Waals surface area contributed by atoms with Crippen molar-refractivity contribution in [1.82, 2.24) is 15.5 Å². The zero-order valence-corrected chi connectivity index (χ0v) is 16.7. The number of hydrogen-bond donors (Lipinski definition) is 3. The first-order valence-corrected chi connectivity index (χ1v) is 10.8. The standard InChI is InChI=1S/C22H26F3N5/c23-22(24,25)14-7-8-16(17(26)10-14)20-18-12-3-5-13(6-4-12)19(18)21(30-29-20)28-15-2-1-9-27-11-15/h7-8,10,12-13,15,27H,1-6,9,11,26H2,(H,28,30)/t12?,13?,15-/m1/s1. The molecule has 2 bridgehead atoms. The summed E-state index contributed by atoms with van der Waals surface area (Å²) in [6.07, 6.45) is 2.22. The molecule has 1 saturated carbocycles. The average molecular weight is 417 g/mol. The van der Waals surface area contributed by atoms with Crippen molar-refractivity contribution in [2.45, 2.75) is 62.6 Å². The van der Waals surface area contributed by atoms with Gasteiger partial charge in [-0.3, -0.25) is 0 Å². The summed E-state index contributed by atoms with van der Waals surface area (Å²) in [5.74, 6) is 1.64. The lowest BCUT2D eigenvalue weighted by molar-refractivity contribution is -0.137. The molecule has 1 atom stereocenters. The number of alkyl halides is 3. The maximum absolute atomic E-state index is 13.1. The van der Waals surface area contributed by atoms with Crippen LogP contribution < -0.4 is 16.4 Å². The predicted octanol–water partition coefficient (Wildman–Crippen LogP) is 4.66. The van der Waals surface area contributed by atoms with Crippen LogP contribution in [-0.4, -0.2) is 29.3 Å². The van der Waals surface area contributed by atoms with Crippen LogP contribution in [0.3, 0.4) is 0 Å². The normalized spacial score (nSPS) is 25.8. The highest BCUT2D eigenvalue weighted by molar-refractivity contribution is 5.79. The van der Waals surface area contributed by atoms with Crippen LogP contribution in [0, 0.1) is 0 Å². The van der Waals surface area contributed by atoms with Crippen molar-refractivity contribution in [3.8, 4) is 11.3 Å². The third-order valence-electron chi connectivity index (χ3n) is 6.87. The molecule has 0 radical (unpaired) electrons. The Morgan fingerprint density at radius 3 is 2.37 bits per heavy atom. The van der Waals surface area contributed by atoms with E-state index in [0.717, 1.165) is 75.1 Å². The SMILES string of the molecule is Nc1cc(C(F)(F)F)ccc1-c1nnc(N[C@@H]2CCCNC2)c2c1C1CCC2CC1. The molecule has 2 aromatic rings. The van der Waals surface area contributed by atoms with E-state index in [1.54, 1.807) is 0 Å². The number of nitrogens with two attached hydrogens (primary N) is 1. The molecule has 4 aliphatic rings. The Labute approximate surface area is 173 Å². The first-order chi connectivity index (χ1) is 14.4. The molecule has 0 amide bonds. The molecular weight excluding hydrogens is 391 g/mol. The van der Waals surface area contributed by atoms with E-state index in [-0.39, 0.29) is 5.69 Å². The van der Waals surface area contributed by atoms with Crippen molar-refractivity contribution < 1.29 is 13.2 Å². The Bertz CT molecular complexity index is 945. The van der Waals surface area contributed by atoms with Crippen molar-refractivity contribution in [2.24, 2.45) is 0 Å². The largest absolute Gasteiger partial charge is 0.416 e. The second kappa shape index (κ2) is 7.41. The Balaban J connectivity index is 1.58. The first-order valence-electron chi connectivity index (χ1n) is 10.8. The van der Waals surface area contributed by atoms with Gasteiger partial charge in [0, 0.05) is 29.4 Å². The van der Waals surface area contributed by atoms with E-state index >= 15 is 0 Å². The van der Waals surface area contributed by atoms with Crippen LogP contribution >= 0.6 is 0 Å². The molecule has 5 nitrogen and oxygen atoms in total. The van der Waals surface area contributed by atoms with Gasteiger partial charge in [-0.1, -0.05) is 6.07 Å². The van der Waals surface area contributed by atoms with Crippen LogP contribution in [0.2, 0.25) is 0 Å². The van der Waals surface area contributed by atoms with Gasteiger partial charge in [-0.15, -0.1) is 10.2 Å². The number of aromatic nitrogens is 2. The highest BCUT2D eigenvalue weighted by Crippen LogP contribution is 2.54. The number of halogens is 3.